The van der Waals surface area contributed by atoms with Crippen molar-refractivity contribution in [1.29, 1.82) is 0 Å². The summed E-state index contributed by atoms with van der Waals surface area (Å²) in [7, 11) is 0. The van der Waals surface area contributed by atoms with Crippen molar-refractivity contribution in [3.8, 4) is 11.5 Å². The number of nitrogens with zero attached hydrogens (tertiary/aromatic N) is 1. The minimum Gasteiger partial charge on any atom is -0.479 e. The van der Waals surface area contributed by atoms with E-state index in [9.17, 15) is 18.6 Å². The number of hydrogen-bond acceptors (Lipinski definition) is 5. The highest BCUT2D eigenvalue weighted by Crippen LogP contribution is 2.33. The van der Waals surface area contributed by atoms with E-state index in [0.29, 0.717) is 0 Å². The Morgan fingerprint density at radius 1 is 1.35 bits per heavy atom. The monoisotopic (exact) mass is 382 g/mol. The molecule has 0 aromatic heterocycles. The van der Waals surface area contributed by atoms with Crippen molar-refractivity contribution in [2.24, 2.45) is 0 Å². The smallest absolute Gasteiger partial charge is 0.330 e. The summed E-state index contributed by atoms with van der Waals surface area (Å²) in [5.74, 6) is -0.652. The van der Waals surface area contributed by atoms with Crippen molar-refractivity contribution in [3.63, 3.8) is 0 Å². The number of likely N-dealkylation sites (tertiary alicyclic amines) is 1. The average molecular weight is 382 g/mol. The third-order valence-corrected chi connectivity index (χ3v) is 4.58. The molecule has 1 fully saturated rings. The van der Waals surface area contributed by atoms with Gasteiger partial charge in [0, 0.05) is 13.0 Å². The first kappa shape index (κ1) is 19.6. The van der Waals surface area contributed by atoms with Gasteiger partial charge < -0.3 is 24.6 Å². The van der Waals surface area contributed by atoms with Crippen LogP contribution in [0.3, 0.4) is 0 Å². The molecule has 140 valence electrons. The molecule has 2 amide bonds. The first-order valence-corrected chi connectivity index (χ1v) is 8.65. The van der Waals surface area contributed by atoms with E-state index in [4.69, 9.17) is 14.4 Å². The minimum absolute atomic E-state index is 0.151. The summed E-state index contributed by atoms with van der Waals surface area (Å²) in [5.41, 5.74) is 0.151. The van der Waals surface area contributed by atoms with E-state index in [2.05, 4.69) is 11.9 Å². The number of aliphatic carboxylic acids is 1. The van der Waals surface area contributed by atoms with Gasteiger partial charge in [-0.05, 0) is 24.6 Å². The molecular formula is C16H18N2O7S. The van der Waals surface area contributed by atoms with Gasteiger partial charge in [-0.2, -0.15) is 0 Å². The van der Waals surface area contributed by atoms with E-state index in [-0.39, 0.29) is 5.57 Å². The van der Waals surface area contributed by atoms with Crippen LogP contribution in [0.1, 0.15) is 13.8 Å². The maximum Gasteiger partial charge on any atom is 0.330 e. The zero-order valence-electron chi connectivity index (χ0n) is 14.0. The van der Waals surface area contributed by atoms with E-state index in [1.165, 1.54) is 6.92 Å². The molecule has 0 aliphatic carbocycles. The predicted molar refractivity (Wildman–Crippen MR) is 91.8 cm³/mol. The average Bonchev–Trinajstić information content (AvgIpc) is 2.52. The largest absolute Gasteiger partial charge is 0.479 e. The molecule has 3 aliphatic rings. The number of hydrogen-bond donors (Lipinski definition) is 3. The second-order valence-electron chi connectivity index (χ2n) is 5.75. The number of amides is 2. The van der Waals surface area contributed by atoms with E-state index < -0.39 is 46.3 Å². The van der Waals surface area contributed by atoms with Gasteiger partial charge in [-0.15, -0.1) is 0 Å². The highest BCUT2D eigenvalue weighted by Gasteiger charge is 2.56. The van der Waals surface area contributed by atoms with Gasteiger partial charge in [-0.3, -0.25) is 9.59 Å². The van der Waals surface area contributed by atoms with E-state index in [0.717, 1.165) is 23.3 Å². The number of ether oxygens (including phenoxy) is 1. The van der Waals surface area contributed by atoms with Crippen molar-refractivity contribution >= 4 is 28.9 Å². The first-order valence-electron chi connectivity index (χ1n) is 7.48. The summed E-state index contributed by atoms with van der Waals surface area (Å²) in [4.78, 5) is 34.6. The molecule has 4 rings (SSSR count). The summed E-state index contributed by atoms with van der Waals surface area (Å²) >= 11 is -2.49. The number of carboxylic acids is 1. The lowest BCUT2D eigenvalue weighted by atomic mass is 9.99. The number of carbonyl (C=O) groups excluding carboxylic acids is 2. The lowest BCUT2D eigenvalue weighted by Gasteiger charge is -2.47. The fraction of sp³-hybridized carbons (Fsp3) is 0.312. The number of carboxylic acid groups (broad SMARTS) is 1. The minimum atomic E-state index is -2.49. The van der Waals surface area contributed by atoms with Crippen molar-refractivity contribution in [3.05, 3.63) is 36.4 Å². The molecule has 4 unspecified atom stereocenters. The van der Waals surface area contributed by atoms with Crippen LogP contribution < -0.4 is 10.1 Å². The Hall–Kier alpha value is -2.72. The summed E-state index contributed by atoms with van der Waals surface area (Å²) in [6.07, 6.45) is 0. The molecule has 1 saturated heterocycles. The van der Waals surface area contributed by atoms with Crippen LogP contribution in [-0.2, 0) is 25.5 Å². The first-order chi connectivity index (χ1) is 12.1. The van der Waals surface area contributed by atoms with Crippen LogP contribution in [0.2, 0.25) is 0 Å². The Balaban J connectivity index is 0.000000282. The van der Waals surface area contributed by atoms with Gasteiger partial charge in [0.05, 0.1) is 0 Å². The Kier molecular flexibility index (Phi) is 5.78. The Bertz CT molecular complexity index is 756. The lowest BCUT2D eigenvalue weighted by molar-refractivity contribution is -0.160. The molecule has 26 heavy (non-hydrogen) atoms. The molecule has 3 aliphatic heterocycles. The third kappa shape index (κ3) is 3.92. The zero-order valence-corrected chi connectivity index (χ0v) is 14.9. The second kappa shape index (κ2) is 7.67. The molecule has 0 radical (unpaired) electrons. The van der Waals surface area contributed by atoms with Gasteiger partial charge in [-0.25, -0.2) is 9.00 Å². The van der Waals surface area contributed by atoms with Crippen LogP contribution in [0.5, 0.6) is 11.5 Å². The molecule has 10 heteroatoms. The van der Waals surface area contributed by atoms with Crippen LogP contribution >= 0.6 is 0 Å². The van der Waals surface area contributed by atoms with Crippen molar-refractivity contribution in [2.45, 2.75) is 31.3 Å². The van der Waals surface area contributed by atoms with Gasteiger partial charge in [0.15, 0.2) is 22.5 Å². The lowest BCUT2D eigenvalue weighted by Crippen LogP contribution is -2.75. The number of nitrogens with one attached hydrogen (secondary N) is 1. The molecule has 9 nitrogen and oxygen atoms in total. The van der Waals surface area contributed by atoms with Gasteiger partial charge in [-0.1, -0.05) is 12.6 Å². The summed E-state index contributed by atoms with van der Waals surface area (Å²) < 4.78 is 25.4. The Morgan fingerprint density at radius 2 is 1.88 bits per heavy atom. The standard InChI is InChI=1S/C10H14N2O6S.C6H4O/c1-4(2)7(10(15)16)12-8(14)6(11-5(3)13)9(12)19(17)18;1-2-5-4-6(3-1)7-5/h6-7,9H,1H2,2-3H3,(H,11,13)(H,15,16)(H,17,18);1-4H. The number of β-lactam (4-membered cyclic amide) rings is 1. The molecule has 4 atom stereocenters. The third-order valence-electron chi connectivity index (χ3n) is 3.67. The topological polar surface area (TPSA) is 133 Å². The number of rotatable bonds is 5. The van der Waals surface area contributed by atoms with E-state index in [1.807, 2.05) is 24.3 Å². The summed E-state index contributed by atoms with van der Waals surface area (Å²) in [6.45, 7) is 6.00. The van der Waals surface area contributed by atoms with Crippen LogP contribution in [0, 0.1) is 0 Å². The van der Waals surface area contributed by atoms with Crippen LogP contribution in [0.4, 0.5) is 0 Å². The van der Waals surface area contributed by atoms with Gasteiger partial charge >= 0.3 is 5.97 Å². The van der Waals surface area contributed by atoms with E-state index in [1.54, 1.807) is 0 Å². The second-order valence-corrected chi connectivity index (χ2v) is 6.79. The quantitative estimate of drug-likeness (QED) is 0.394. The van der Waals surface area contributed by atoms with Gasteiger partial charge in [0.25, 0.3) is 5.91 Å². The SMILES string of the molecule is C=C(C)C(C(=O)O)N1C(=O)C(NC(C)=O)C1S(=O)O.c1cc2cc(c1)O2. The number of benzene rings is 1. The van der Waals surface area contributed by atoms with Crippen LogP contribution in [0.15, 0.2) is 36.4 Å². The van der Waals surface area contributed by atoms with Gasteiger partial charge in [0.1, 0.15) is 17.5 Å². The molecule has 3 heterocycles. The summed E-state index contributed by atoms with van der Waals surface area (Å²) in [6, 6.07) is 5.27. The molecule has 2 bridgehead atoms. The van der Waals surface area contributed by atoms with Crippen molar-refractivity contribution in [2.75, 3.05) is 0 Å². The molecule has 0 saturated carbocycles. The maximum absolute atomic E-state index is 11.8. The van der Waals surface area contributed by atoms with E-state index >= 15 is 0 Å². The zero-order chi connectivity index (χ0) is 19.6. The van der Waals surface area contributed by atoms with Gasteiger partial charge in [0.2, 0.25) is 5.91 Å². The molecular weight excluding hydrogens is 364 g/mol. The molecule has 1 aromatic rings. The highest BCUT2D eigenvalue weighted by atomic mass is 32.2. The fourth-order valence-corrected chi connectivity index (χ4v) is 3.41. The normalized spacial score (nSPS) is 21.7. The highest BCUT2D eigenvalue weighted by molar-refractivity contribution is 7.80. The number of fused-ring (bicyclic) bond motifs is 2. The Morgan fingerprint density at radius 3 is 2.15 bits per heavy atom. The van der Waals surface area contributed by atoms with Crippen molar-refractivity contribution < 1.29 is 33.0 Å². The summed E-state index contributed by atoms with van der Waals surface area (Å²) in [5, 5.41) is 9.96. The van der Waals surface area contributed by atoms with Crippen LogP contribution in [0.25, 0.3) is 0 Å². The predicted octanol–water partition coefficient (Wildman–Crippen LogP) is 0.703. The van der Waals surface area contributed by atoms with Crippen LogP contribution in [-0.4, -0.2) is 54.0 Å². The molecule has 0 spiro atoms. The number of carbonyl (C=O) groups is 3. The Labute approximate surface area is 151 Å². The maximum atomic E-state index is 11.8. The molecule has 3 N–H and O–H groups in total. The molecule has 1 aromatic carbocycles. The fourth-order valence-electron chi connectivity index (χ4n) is 2.57. The van der Waals surface area contributed by atoms with Crippen molar-refractivity contribution in [1.82, 2.24) is 10.2 Å².